The van der Waals surface area contributed by atoms with E-state index in [0.29, 0.717) is 43.4 Å². The van der Waals surface area contributed by atoms with Crippen molar-refractivity contribution in [2.75, 3.05) is 32.2 Å². The largest absolute Gasteiger partial charge is 0.378 e. The van der Waals surface area contributed by atoms with Gasteiger partial charge in [0.15, 0.2) is 0 Å². The van der Waals surface area contributed by atoms with E-state index < -0.39 is 0 Å². The summed E-state index contributed by atoms with van der Waals surface area (Å²) in [6.45, 7) is 9.52. The number of hydrogen-bond donors (Lipinski definition) is 0. The molecule has 0 bridgehead atoms. The Morgan fingerprint density at radius 3 is 2.67 bits per heavy atom. The van der Waals surface area contributed by atoms with Crippen molar-refractivity contribution in [1.29, 1.82) is 0 Å². The first-order valence-electron chi connectivity index (χ1n) is 6.86. The van der Waals surface area contributed by atoms with Crippen LogP contribution in [0.15, 0.2) is 0 Å². The molecule has 1 saturated heterocycles. The van der Waals surface area contributed by atoms with Gasteiger partial charge in [-0.1, -0.05) is 20.8 Å². The third-order valence-corrected chi connectivity index (χ3v) is 3.91. The first-order chi connectivity index (χ1) is 8.45. The number of nitrogens with zero attached hydrogens (tertiary/aromatic N) is 1. The highest BCUT2D eigenvalue weighted by Gasteiger charge is 2.29. The van der Waals surface area contributed by atoms with Crippen LogP contribution in [0.4, 0.5) is 0 Å². The van der Waals surface area contributed by atoms with Crippen LogP contribution in [-0.2, 0) is 9.53 Å². The quantitative estimate of drug-likeness (QED) is 0.570. The number of rotatable bonds is 5. The third-order valence-electron chi connectivity index (χ3n) is 3.76. The zero-order chi connectivity index (χ0) is 13.6. The maximum absolute atomic E-state index is 12.0. The van der Waals surface area contributed by atoms with Crippen molar-refractivity contribution in [3.8, 4) is 0 Å². The Morgan fingerprint density at radius 2 is 2.06 bits per heavy atom. The molecule has 1 atom stereocenters. The Kier molecular flexibility index (Phi) is 6.44. The minimum atomic E-state index is 0.274. The molecule has 0 saturated carbocycles. The minimum absolute atomic E-state index is 0.274. The van der Waals surface area contributed by atoms with Gasteiger partial charge in [-0.25, -0.2) is 0 Å². The van der Waals surface area contributed by atoms with Gasteiger partial charge >= 0.3 is 0 Å². The van der Waals surface area contributed by atoms with E-state index in [4.69, 9.17) is 16.3 Å². The van der Waals surface area contributed by atoms with Crippen LogP contribution in [-0.4, -0.2) is 43.0 Å². The van der Waals surface area contributed by atoms with Gasteiger partial charge in [0.05, 0.1) is 13.2 Å². The highest BCUT2D eigenvalue weighted by atomic mass is 35.5. The number of ether oxygens (including phenoxy) is 1. The molecule has 1 aliphatic heterocycles. The van der Waals surface area contributed by atoms with Crippen LogP contribution < -0.4 is 0 Å². The molecule has 0 aliphatic carbocycles. The van der Waals surface area contributed by atoms with E-state index in [0.717, 1.165) is 19.4 Å². The van der Waals surface area contributed by atoms with Crippen LogP contribution in [0.1, 0.15) is 40.0 Å². The Morgan fingerprint density at radius 1 is 1.33 bits per heavy atom. The number of alkyl halides is 1. The molecule has 4 heteroatoms. The van der Waals surface area contributed by atoms with Gasteiger partial charge in [0.1, 0.15) is 0 Å². The lowest BCUT2D eigenvalue weighted by Gasteiger charge is -2.29. The van der Waals surface area contributed by atoms with Crippen LogP contribution in [0, 0.1) is 11.3 Å². The Bertz CT molecular complexity index is 263. The lowest BCUT2D eigenvalue weighted by molar-refractivity contribution is -0.131. The standard InChI is InChI=1S/C14H26ClNO2/c1-14(2,3)12-4-5-13(17)16(8-6-12)9-11-18-10-7-15/h12H,4-11H2,1-3H3. The first-order valence-corrected chi connectivity index (χ1v) is 7.40. The summed E-state index contributed by atoms with van der Waals surface area (Å²) in [5.74, 6) is 1.42. The average molecular weight is 276 g/mol. The second-order valence-electron chi connectivity index (χ2n) is 6.07. The van der Waals surface area contributed by atoms with E-state index >= 15 is 0 Å². The summed E-state index contributed by atoms with van der Waals surface area (Å²) in [6, 6.07) is 0. The summed E-state index contributed by atoms with van der Waals surface area (Å²) < 4.78 is 5.34. The lowest BCUT2D eigenvalue weighted by atomic mass is 9.77. The van der Waals surface area contributed by atoms with Gasteiger partial charge in [0.2, 0.25) is 5.91 Å². The molecule has 1 amide bonds. The fourth-order valence-electron chi connectivity index (χ4n) is 2.47. The molecule has 18 heavy (non-hydrogen) atoms. The van der Waals surface area contributed by atoms with Crippen LogP contribution in [0.3, 0.4) is 0 Å². The van der Waals surface area contributed by atoms with Crippen LogP contribution in [0.25, 0.3) is 0 Å². The van der Waals surface area contributed by atoms with Crippen LogP contribution in [0.5, 0.6) is 0 Å². The van der Waals surface area contributed by atoms with Gasteiger partial charge in [-0.2, -0.15) is 0 Å². The van der Waals surface area contributed by atoms with Crippen molar-refractivity contribution >= 4 is 17.5 Å². The van der Waals surface area contributed by atoms with E-state index in [2.05, 4.69) is 20.8 Å². The maximum atomic E-state index is 12.0. The highest BCUT2D eigenvalue weighted by molar-refractivity contribution is 6.17. The number of halogens is 1. The van der Waals surface area contributed by atoms with Crippen molar-refractivity contribution in [2.45, 2.75) is 40.0 Å². The van der Waals surface area contributed by atoms with Crippen molar-refractivity contribution in [1.82, 2.24) is 4.90 Å². The summed E-state index contributed by atoms with van der Waals surface area (Å²) in [5, 5.41) is 0. The fraction of sp³-hybridized carbons (Fsp3) is 0.929. The SMILES string of the molecule is CC(C)(C)C1CCC(=O)N(CCOCCCl)CC1. The molecule has 1 rings (SSSR count). The second kappa shape index (κ2) is 7.34. The lowest BCUT2D eigenvalue weighted by Crippen LogP contribution is -2.33. The molecule has 1 heterocycles. The zero-order valence-corrected chi connectivity index (χ0v) is 12.6. The molecular formula is C14H26ClNO2. The number of carbonyl (C=O) groups excluding carboxylic acids is 1. The molecule has 3 nitrogen and oxygen atoms in total. The smallest absolute Gasteiger partial charge is 0.222 e. The number of amides is 1. The van der Waals surface area contributed by atoms with Gasteiger partial charge in [-0.15, -0.1) is 11.6 Å². The monoisotopic (exact) mass is 275 g/mol. The predicted octanol–water partition coefficient (Wildman–Crippen LogP) is 2.92. The molecule has 0 aromatic carbocycles. The van der Waals surface area contributed by atoms with Gasteiger partial charge in [-0.05, 0) is 24.2 Å². The topological polar surface area (TPSA) is 29.5 Å². The number of hydrogen-bond acceptors (Lipinski definition) is 2. The average Bonchev–Trinajstić information content (AvgIpc) is 2.47. The van der Waals surface area contributed by atoms with Crippen molar-refractivity contribution in [3.05, 3.63) is 0 Å². The highest BCUT2D eigenvalue weighted by Crippen LogP contribution is 2.34. The van der Waals surface area contributed by atoms with Crippen LogP contribution >= 0.6 is 11.6 Å². The Hall–Kier alpha value is -0.280. The van der Waals surface area contributed by atoms with Crippen molar-refractivity contribution in [3.63, 3.8) is 0 Å². The summed E-state index contributed by atoms with van der Waals surface area (Å²) in [7, 11) is 0. The predicted molar refractivity (Wildman–Crippen MR) is 74.9 cm³/mol. The molecule has 1 unspecified atom stereocenters. The molecule has 1 aliphatic rings. The molecule has 1 fully saturated rings. The summed E-state index contributed by atoms with van der Waals surface area (Å²) in [6.07, 6.45) is 2.80. The van der Waals surface area contributed by atoms with Gasteiger partial charge < -0.3 is 9.64 Å². The number of likely N-dealkylation sites (tertiary alicyclic amines) is 1. The Labute approximate surface area is 116 Å². The van der Waals surface area contributed by atoms with Gasteiger partial charge in [0, 0.05) is 25.4 Å². The molecular weight excluding hydrogens is 250 g/mol. The molecule has 0 spiro atoms. The van der Waals surface area contributed by atoms with E-state index in [1.165, 1.54) is 0 Å². The molecule has 106 valence electrons. The zero-order valence-electron chi connectivity index (χ0n) is 11.9. The van der Waals surface area contributed by atoms with E-state index in [9.17, 15) is 4.79 Å². The first kappa shape index (κ1) is 15.8. The molecule has 0 aromatic rings. The number of carbonyl (C=O) groups is 1. The third kappa shape index (κ3) is 5.15. The van der Waals surface area contributed by atoms with Crippen molar-refractivity contribution in [2.24, 2.45) is 11.3 Å². The molecule has 0 radical (unpaired) electrons. The fourth-order valence-corrected chi connectivity index (χ4v) is 2.58. The van der Waals surface area contributed by atoms with E-state index in [1.807, 2.05) is 4.90 Å². The van der Waals surface area contributed by atoms with Crippen LogP contribution in [0.2, 0.25) is 0 Å². The van der Waals surface area contributed by atoms with E-state index in [1.54, 1.807) is 0 Å². The normalized spacial score (nSPS) is 22.1. The van der Waals surface area contributed by atoms with Crippen molar-refractivity contribution < 1.29 is 9.53 Å². The van der Waals surface area contributed by atoms with Gasteiger partial charge in [-0.3, -0.25) is 4.79 Å². The molecule has 0 N–H and O–H groups in total. The minimum Gasteiger partial charge on any atom is -0.378 e. The van der Waals surface area contributed by atoms with E-state index in [-0.39, 0.29) is 5.91 Å². The molecule has 0 aromatic heterocycles. The maximum Gasteiger partial charge on any atom is 0.222 e. The van der Waals surface area contributed by atoms with Gasteiger partial charge in [0.25, 0.3) is 0 Å². The second-order valence-corrected chi connectivity index (χ2v) is 6.45. The Balaban J connectivity index is 2.39. The summed E-state index contributed by atoms with van der Waals surface area (Å²) in [4.78, 5) is 13.9. The summed E-state index contributed by atoms with van der Waals surface area (Å²) in [5.41, 5.74) is 0.297. The summed E-state index contributed by atoms with van der Waals surface area (Å²) >= 11 is 5.54.